The van der Waals surface area contributed by atoms with Crippen molar-refractivity contribution < 1.29 is 14.6 Å². The molecular formula is C17H36N2O3. The highest BCUT2D eigenvalue weighted by Gasteiger charge is 2.23. The van der Waals surface area contributed by atoms with Crippen LogP contribution in [-0.4, -0.2) is 53.5 Å². The van der Waals surface area contributed by atoms with Crippen LogP contribution in [0.1, 0.15) is 67.2 Å². The predicted octanol–water partition coefficient (Wildman–Crippen LogP) is 3.16. The molecule has 5 nitrogen and oxygen atoms in total. The second-order valence-corrected chi connectivity index (χ2v) is 7.00. The van der Waals surface area contributed by atoms with Gasteiger partial charge in [0.2, 0.25) is 0 Å². The molecule has 0 aromatic carbocycles. The average molecular weight is 316 g/mol. The van der Waals surface area contributed by atoms with Crippen LogP contribution >= 0.6 is 0 Å². The highest BCUT2D eigenvalue weighted by molar-refractivity contribution is 5.68. The first kappa shape index (κ1) is 21.2. The smallest absolute Gasteiger partial charge is 0.410 e. The largest absolute Gasteiger partial charge is 0.444 e. The first-order valence-corrected chi connectivity index (χ1v) is 8.59. The number of aliphatic hydroxyl groups excluding tert-OH is 1. The molecule has 0 rings (SSSR count). The number of hydrogen-bond acceptors (Lipinski definition) is 4. The third-order valence-electron chi connectivity index (χ3n) is 3.23. The molecule has 0 bridgehead atoms. The molecule has 1 amide bonds. The van der Waals surface area contributed by atoms with E-state index in [1.807, 2.05) is 20.8 Å². The van der Waals surface area contributed by atoms with E-state index in [9.17, 15) is 9.90 Å². The SMILES string of the molecule is CCCC(CCC)NCCN(CC(C)O)C(=O)OC(C)(C)C. The second kappa shape index (κ2) is 10.8. The first-order valence-electron chi connectivity index (χ1n) is 8.59. The summed E-state index contributed by atoms with van der Waals surface area (Å²) in [7, 11) is 0. The highest BCUT2D eigenvalue weighted by atomic mass is 16.6. The van der Waals surface area contributed by atoms with Crippen molar-refractivity contribution in [3.63, 3.8) is 0 Å². The number of carbonyl (C=O) groups excluding carboxylic acids is 1. The Labute approximate surface area is 136 Å². The van der Waals surface area contributed by atoms with Gasteiger partial charge >= 0.3 is 6.09 Å². The van der Waals surface area contributed by atoms with Gasteiger partial charge in [-0.15, -0.1) is 0 Å². The van der Waals surface area contributed by atoms with E-state index in [4.69, 9.17) is 4.74 Å². The molecule has 132 valence electrons. The van der Waals surface area contributed by atoms with E-state index in [2.05, 4.69) is 19.2 Å². The lowest BCUT2D eigenvalue weighted by Gasteiger charge is -2.29. The molecule has 0 heterocycles. The minimum absolute atomic E-state index is 0.294. The summed E-state index contributed by atoms with van der Waals surface area (Å²) >= 11 is 0. The first-order chi connectivity index (χ1) is 10.2. The summed E-state index contributed by atoms with van der Waals surface area (Å²) in [4.78, 5) is 13.8. The monoisotopic (exact) mass is 316 g/mol. The zero-order valence-electron chi connectivity index (χ0n) is 15.3. The second-order valence-electron chi connectivity index (χ2n) is 7.00. The Balaban J connectivity index is 4.43. The van der Waals surface area contributed by atoms with Crippen LogP contribution in [0.4, 0.5) is 4.79 Å². The zero-order chi connectivity index (χ0) is 17.2. The van der Waals surface area contributed by atoms with Gasteiger partial charge in [-0.05, 0) is 40.5 Å². The molecule has 0 fully saturated rings. The van der Waals surface area contributed by atoms with Gasteiger partial charge in [0.15, 0.2) is 0 Å². The molecule has 22 heavy (non-hydrogen) atoms. The quantitative estimate of drug-likeness (QED) is 0.650. The number of ether oxygens (including phenoxy) is 1. The summed E-state index contributed by atoms with van der Waals surface area (Å²) in [5.41, 5.74) is -0.519. The minimum atomic E-state index is -0.561. The fourth-order valence-electron chi connectivity index (χ4n) is 2.35. The van der Waals surface area contributed by atoms with Gasteiger partial charge in [0, 0.05) is 25.7 Å². The van der Waals surface area contributed by atoms with E-state index in [-0.39, 0.29) is 6.09 Å². The standard InChI is InChI=1S/C17H36N2O3/c1-7-9-15(10-8-2)18-11-12-19(13-14(3)20)16(21)22-17(4,5)6/h14-15,18,20H,7-13H2,1-6H3. The molecule has 1 atom stereocenters. The number of carbonyl (C=O) groups is 1. The van der Waals surface area contributed by atoms with Crippen LogP contribution in [0.25, 0.3) is 0 Å². The number of rotatable bonds is 10. The molecule has 0 aliphatic carbocycles. The Morgan fingerprint density at radius 3 is 2.18 bits per heavy atom. The Morgan fingerprint density at radius 2 is 1.77 bits per heavy atom. The van der Waals surface area contributed by atoms with E-state index in [0.29, 0.717) is 19.1 Å². The molecule has 5 heteroatoms. The van der Waals surface area contributed by atoms with Gasteiger partial charge in [-0.1, -0.05) is 26.7 Å². The number of nitrogens with zero attached hydrogens (tertiary/aromatic N) is 1. The van der Waals surface area contributed by atoms with Gasteiger partial charge in [0.25, 0.3) is 0 Å². The van der Waals surface area contributed by atoms with E-state index < -0.39 is 11.7 Å². The summed E-state index contributed by atoms with van der Waals surface area (Å²) in [5.74, 6) is 0. The third-order valence-corrected chi connectivity index (χ3v) is 3.23. The van der Waals surface area contributed by atoms with E-state index in [0.717, 1.165) is 32.2 Å². The maximum atomic E-state index is 12.2. The zero-order valence-corrected chi connectivity index (χ0v) is 15.3. The number of amides is 1. The summed E-state index contributed by atoms with van der Waals surface area (Å²) in [6.07, 6.45) is 3.68. The van der Waals surface area contributed by atoms with Gasteiger partial charge in [0.05, 0.1) is 6.10 Å². The van der Waals surface area contributed by atoms with Crippen molar-refractivity contribution in [2.45, 2.75) is 85.0 Å². The molecule has 0 aromatic heterocycles. The lowest BCUT2D eigenvalue weighted by molar-refractivity contribution is 0.0162. The van der Waals surface area contributed by atoms with E-state index in [1.165, 1.54) is 0 Å². The molecule has 0 aliphatic heterocycles. The lowest BCUT2D eigenvalue weighted by Crippen LogP contribution is -2.44. The molecule has 0 aliphatic rings. The van der Waals surface area contributed by atoms with Crippen molar-refractivity contribution in [3.05, 3.63) is 0 Å². The predicted molar refractivity (Wildman–Crippen MR) is 91.1 cm³/mol. The third kappa shape index (κ3) is 10.9. The van der Waals surface area contributed by atoms with Crippen LogP contribution in [0.5, 0.6) is 0 Å². The molecule has 0 saturated carbocycles. The minimum Gasteiger partial charge on any atom is -0.444 e. The van der Waals surface area contributed by atoms with Crippen LogP contribution in [-0.2, 0) is 4.74 Å². The molecule has 2 N–H and O–H groups in total. The van der Waals surface area contributed by atoms with Crippen LogP contribution in [0.3, 0.4) is 0 Å². The Hall–Kier alpha value is -0.810. The Kier molecular flexibility index (Phi) is 10.4. The van der Waals surface area contributed by atoms with Crippen molar-refractivity contribution in [2.75, 3.05) is 19.6 Å². The van der Waals surface area contributed by atoms with Gasteiger partial charge in [-0.3, -0.25) is 0 Å². The van der Waals surface area contributed by atoms with Gasteiger partial charge in [-0.25, -0.2) is 4.79 Å². The summed E-state index contributed by atoms with van der Waals surface area (Å²) < 4.78 is 5.40. The average Bonchev–Trinajstić information content (AvgIpc) is 2.35. The summed E-state index contributed by atoms with van der Waals surface area (Å²) in [6, 6.07) is 0.502. The van der Waals surface area contributed by atoms with Crippen molar-refractivity contribution in [3.8, 4) is 0 Å². The van der Waals surface area contributed by atoms with E-state index >= 15 is 0 Å². The maximum Gasteiger partial charge on any atom is 0.410 e. The molecule has 0 spiro atoms. The molecule has 0 radical (unpaired) electrons. The van der Waals surface area contributed by atoms with Crippen LogP contribution in [0.15, 0.2) is 0 Å². The van der Waals surface area contributed by atoms with Crippen LogP contribution < -0.4 is 5.32 Å². The number of aliphatic hydroxyl groups is 1. The van der Waals surface area contributed by atoms with Crippen LogP contribution in [0.2, 0.25) is 0 Å². The lowest BCUT2D eigenvalue weighted by atomic mass is 10.1. The van der Waals surface area contributed by atoms with Crippen molar-refractivity contribution in [1.29, 1.82) is 0 Å². The van der Waals surface area contributed by atoms with Crippen molar-refractivity contribution in [1.82, 2.24) is 10.2 Å². The van der Waals surface area contributed by atoms with Gasteiger partial charge in [0.1, 0.15) is 5.60 Å². The van der Waals surface area contributed by atoms with Gasteiger partial charge in [-0.2, -0.15) is 0 Å². The number of hydrogen-bond donors (Lipinski definition) is 2. The van der Waals surface area contributed by atoms with Crippen molar-refractivity contribution >= 4 is 6.09 Å². The fraction of sp³-hybridized carbons (Fsp3) is 0.941. The normalized spacial score (nSPS) is 13.3. The molecule has 1 unspecified atom stereocenters. The highest BCUT2D eigenvalue weighted by Crippen LogP contribution is 2.10. The summed E-state index contributed by atoms with van der Waals surface area (Å²) in [6.45, 7) is 13.2. The van der Waals surface area contributed by atoms with Crippen molar-refractivity contribution in [2.24, 2.45) is 0 Å². The van der Waals surface area contributed by atoms with E-state index in [1.54, 1.807) is 11.8 Å². The molecule has 0 saturated heterocycles. The van der Waals surface area contributed by atoms with Gasteiger partial charge < -0.3 is 20.1 Å². The number of nitrogens with one attached hydrogen (secondary N) is 1. The maximum absolute atomic E-state index is 12.2. The topological polar surface area (TPSA) is 61.8 Å². The summed E-state index contributed by atoms with van der Waals surface area (Å²) in [5, 5.41) is 13.1. The molecular weight excluding hydrogens is 280 g/mol. The molecule has 0 aromatic rings. The fourth-order valence-corrected chi connectivity index (χ4v) is 2.35. The Bertz CT molecular complexity index is 295. The Morgan fingerprint density at radius 1 is 1.23 bits per heavy atom. The van der Waals surface area contributed by atoms with Crippen LogP contribution in [0, 0.1) is 0 Å².